The van der Waals surface area contributed by atoms with Crippen LogP contribution in [-0.4, -0.2) is 23.3 Å². The number of Topliss-reactive ketones (excluding diaryl/α,β-unsaturated/α-hetero) is 1. The van der Waals surface area contributed by atoms with E-state index >= 15 is 0 Å². The van der Waals surface area contributed by atoms with Crippen molar-refractivity contribution >= 4 is 17.4 Å². The Morgan fingerprint density at radius 3 is 2.39 bits per heavy atom. The molecule has 0 aromatic heterocycles. The van der Waals surface area contributed by atoms with Crippen LogP contribution in [0.5, 0.6) is 0 Å². The third kappa shape index (κ3) is 3.97. The first-order chi connectivity index (χ1) is 8.54. The molecule has 18 heavy (non-hydrogen) atoms. The highest BCUT2D eigenvalue weighted by Gasteiger charge is 2.14. The summed E-state index contributed by atoms with van der Waals surface area (Å²) in [5.74, 6) is -1.42. The SMILES string of the molecule is CCOC(=O)C(=O)CCc1ccc([N+](=O)[O-])cc1. The topological polar surface area (TPSA) is 86.5 Å². The average Bonchev–Trinajstić information content (AvgIpc) is 2.36. The summed E-state index contributed by atoms with van der Waals surface area (Å²) in [6.45, 7) is 1.80. The standard InChI is InChI=1S/C12H13NO5/c1-2-18-12(15)11(14)8-5-9-3-6-10(7-4-9)13(16)17/h3-4,6-7H,2,5,8H2,1H3. The number of hydrogen-bond acceptors (Lipinski definition) is 5. The number of nitro benzene ring substituents is 1. The van der Waals surface area contributed by atoms with Gasteiger partial charge in [0.25, 0.3) is 5.69 Å². The Balaban J connectivity index is 2.51. The van der Waals surface area contributed by atoms with Crippen LogP contribution in [0.1, 0.15) is 18.9 Å². The fourth-order valence-corrected chi connectivity index (χ4v) is 1.36. The fourth-order valence-electron chi connectivity index (χ4n) is 1.36. The molecule has 0 aliphatic carbocycles. The first-order valence-electron chi connectivity index (χ1n) is 5.48. The second kappa shape index (κ2) is 6.48. The number of hydrogen-bond donors (Lipinski definition) is 0. The summed E-state index contributed by atoms with van der Waals surface area (Å²) in [4.78, 5) is 32.3. The summed E-state index contributed by atoms with van der Waals surface area (Å²) >= 11 is 0. The molecule has 0 N–H and O–H groups in total. The predicted molar refractivity (Wildman–Crippen MR) is 63.1 cm³/mol. The van der Waals surface area contributed by atoms with Crippen molar-refractivity contribution < 1.29 is 19.2 Å². The van der Waals surface area contributed by atoms with E-state index in [1.807, 2.05) is 0 Å². The molecule has 0 atom stereocenters. The van der Waals surface area contributed by atoms with Gasteiger partial charge in [0.1, 0.15) is 0 Å². The quantitative estimate of drug-likeness (QED) is 0.332. The number of carbonyl (C=O) groups excluding carboxylic acids is 2. The summed E-state index contributed by atoms with van der Waals surface area (Å²) in [5.41, 5.74) is 0.758. The summed E-state index contributed by atoms with van der Waals surface area (Å²) in [6, 6.07) is 5.86. The second-order valence-corrected chi connectivity index (χ2v) is 3.57. The van der Waals surface area contributed by atoms with E-state index in [-0.39, 0.29) is 18.7 Å². The molecule has 0 amide bonds. The van der Waals surface area contributed by atoms with E-state index in [0.717, 1.165) is 5.56 Å². The number of nitrogens with zero attached hydrogens (tertiary/aromatic N) is 1. The van der Waals surface area contributed by atoms with Gasteiger partial charge in [-0.15, -0.1) is 0 Å². The van der Waals surface area contributed by atoms with E-state index in [0.29, 0.717) is 6.42 Å². The minimum absolute atomic E-state index is 0.00420. The van der Waals surface area contributed by atoms with Crippen LogP contribution in [0.25, 0.3) is 0 Å². The van der Waals surface area contributed by atoms with Gasteiger partial charge in [0.15, 0.2) is 0 Å². The van der Waals surface area contributed by atoms with Crippen LogP contribution in [0.3, 0.4) is 0 Å². The molecular weight excluding hydrogens is 238 g/mol. The zero-order valence-corrected chi connectivity index (χ0v) is 9.92. The number of ketones is 1. The highest BCUT2D eigenvalue weighted by Crippen LogP contribution is 2.13. The first-order valence-corrected chi connectivity index (χ1v) is 5.48. The van der Waals surface area contributed by atoms with Gasteiger partial charge >= 0.3 is 5.97 Å². The number of non-ortho nitro benzene ring substituents is 1. The molecule has 6 heteroatoms. The molecule has 1 aromatic rings. The lowest BCUT2D eigenvalue weighted by Gasteiger charge is -2.01. The molecule has 0 radical (unpaired) electrons. The lowest BCUT2D eigenvalue weighted by molar-refractivity contribution is -0.384. The summed E-state index contributed by atoms with van der Waals surface area (Å²) in [6.07, 6.45) is 0.395. The van der Waals surface area contributed by atoms with Crippen LogP contribution < -0.4 is 0 Å². The normalized spacial score (nSPS) is 9.83. The van der Waals surface area contributed by atoms with Gasteiger partial charge in [-0.1, -0.05) is 12.1 Å². The van der Waals surface area contributed by atoms with Crippen molar-refractivity contribution in [3.63, 3.8) is 0 Å². The Hall–Kier alpha value is -2.24. The number of benzene rings is 1. The maximum Gasteiger partial charge on any atom is 0.374 e. The second-order valence-electron chi connectivity index (χ2n) is 3.57. The van der Waals surface area contributed by atoms with Crippen LogP contribution >= 0.6 is 0 Å². The molecule has 1 rings (SSSR count). The van der Waals surface area contributed by atoms with Crippen molar-refractivity contribution in [3.05, 3.63) is 39.9 Å². The molecular formula is C12H13NO5. The number of rotatable bonds is 6. The Morgan fingerprint density at radius 1 is 1.28 bits per heavy atom. The molecule has 0 aliphatic heterocycles. The van der Waals surface area contributed by atoms with Crippen molar-refractivity contribution in [2.24, 2.45) is 0 Å². The van der Waals surface area contributed by atoms with Gasteiger partial charge in [-0.2, -0.15) is 0 Å². The Bertz CT molecular complexity index is 452. The van der Waals surface area contributed by atoms with E-state index < -0.39 is 16.7 Å². The van der Waals surface area contributed by atoms with Crippen LogP contribution in [0, 0.1) is 10.1 Å². The van der Waals surface area contributed by atoms with E-state index in [1.165, 1.54) is 12.1 Å². The largest absolute Gasteiger partial charge is 0.460 e. The molecule has 0 bridgehead atoms. The van der Waals surface area contributed by atoms with Crippen LogP contribution in [0.2, 0.25) is 0 Å². The van der Waals surface area contributed by atoms with Gasteiger partial charge < -0.3 is 4.74 Å². The third-order valence-electron chi connectivity index (χ3n) is 2.29. The highest BCUT2D eigenvalue weighted by atomic mass is 16.6. The van der Waals surface area contributed by atoms with Crippen LogP contribution in [0.4, 0.5) is 5.69 Å². The molecule has 0 aliphatic rings. The van der Waals surface area contributed by atoms with Gasteiger partial charge in [0, 0.05) is 18.6 Å². The van der Waals surface area contributed by atoms with Crippen molar-refractivity contribution in [2.75, 3.05) is 6.61 Å². The lowest BCUT2D eigenvalue weighted by Crippen LogP contribution is -2.17. The molecule has 0 saturated carbocycles. The summed E-state index contributed by atoms with van der Waals surface area (Å²) in [5, 5.41) is 10.4. The van der Waals surface area contributed by atoms with Crippen molar-refractivity contribution in [1.29, 1.82) is 0 Å². The maximum atomic E-state index is 11.3. The van der Waals surface area contributed by atoms with Gasteiger partial charge in [-0.25, -0.2) is 4.79 Å². The Labute approximate surface area is 104 Å². The molecule has 0 fully saturated rings. The third-order valence-corrected chi connectivity index (χ3v) is 2.29. The van der Waals surface area contributed by atoms with Crippen LogP contribution in [-0.2, 0) is 20.7 Å². The maximum absolute atomic E-state index is 11.3. The van der Waals surface area contributed by atoms with E-state index in [4.69, 9.17) is 0 Å². The molecule has 0 saturated heterocycles. The minimum atomic E-state index is -0.834. The smallest absolute Gasteiger partial charge is 0.374 e. The van der Waals surface area contributed by atoms with Gasteiger partial charge in [0.2, 0.25) is 5.78 Å². The van der Waals surface area contributed by atoms with Crippen molar-refractivity contribution in [1.82, 2.24) is 0 Å². The number of aryl methyl sites for hydroxylation is 1. The zero-order chi connectivity index (χ0) is 13.5. The number of carbonyl (C=O) groups is 2. The molecule has 1 aromatic carbocycles. The number of nitro groups is 1. The highest BCUT2D eigenvalue weighted by molar-refractivity contribution is 6.33. The molecule has 0 unspecified atom stereocenters. The number of ether oxygens (including phenoxy) is 1. The monoisotopic (exact) mass is 251 g/mol. The minimum Gasteiger partial charge on any atom is -0.460 e. The van der Waals surface area contributed by atoms with E-state index in [9.17, 15) is 19.7 Å². The zero-order valence-electron chi connectivity index (χ0n) is 9.92. The Morgan fingerprint density at radius 2 is 1.89 bits per heavy atom. The predicted octanol–water partition coefficient (Wildman–Crippen LogP) is 1.66. The summed E-state index contributed by atoms with van der Waals surface area (Å²) in [7, 11) is 0. The van der Waals surface area contributed by atoms with Gasteiger partial charge in [-0.3, -0.25) is 14.9 Å². The summed E-state index contributed by atoms with van der Waals surface area (Å²) < 4.78 is 4.56. The van der Waals surface area contributed by atoms with Gasteiger partial charge in [-0.05, 0) is 18.9 Å². The fraction of sp³-hybridized carbons (Fsp3) is 0.333. The molecule has 96 valence electrons. The molecule has 0 heterocycles. The van der Waals surface area contributed by atoms with Crippen molar-refractivity contribution in [2.45, 2.75) is 19.8 Å². The van der Waals surface area contributed by atoms with E-state index in [1.54, 1.807) is 19.1 Å². The molecule has 0 spiro atoms. The first kappa shape index (κ1) is 13.8. The lowest BCUT2D eigenvalue weighted by atomic mass is 10.1. The average molecular weight is 251 g/mol. The van der Waals surface area contributed by atoms with Crippen LogP contribution in [0.15, 0.2) is 24.3 Å². The van der Waals surface area contributed by atoms with Gasteiger partial charge in [0.05, 0.1) is 11.5 Å². The van der Waals surface area contributed by atoms with Crippen molar-refractivity contribution in [3.8, 4) is 0 Å². The van der Waals surface area contributed by atoms with E-state index in [2.05, 4.69) is 4.74 Å². The number of esters is 1. The Kier molecular flexibility index (Phi) is 4.98. The molecule has 6 nitrogen and oxygen atoms in total.